The molecule has 0 saturated heterocycles. The van der Waals surface area contributed by atoms with E-state index < -0.39 is 10.0 Å². The van der Waals surface area contributed by atoms with Crippen LogP contribution in [0, 0.1) is 6.92 Å². The molecule has 0 aliphatic heterocycles. The van der Waals surface area contributed by atoms with Gasteiger partial charge in [-0.1, -0.05) is 26.0 Å². The summed E-state index contributed by atoms with van der Waals surface area (Å²) in [6, 6.07) is 10.3. The predicted molar refractivity (Wildman–Crippen MR) is 97.9 cm³/mol. The molecule has 25 heavy (non-hydrogen) atoms. The highest BCUT2D eigenvalue weighted by molar-refractivity contribution is 7.89. The topological polar surface area (TPSA) is 88.2 Å². The first kappa shape index (κ1) is 19.1. The monoisotopic (exact) mass is 361 g/mol. The molecule has 0 aliphatic carbocycles. The number of carbonyl (C=O) groups is 1. The first-order valence-corrected chi connectivity index (χ1v) is 9.58. The van der Waals surface area contributed by atoms with Crippen LogP contribution in [0.2, 0.25) is 0 Å². The Morgan fingerprint density at radius 2 is 1.84 bits per heavy atom. The first-order valence-electron chi connectivity index (χ1n) is 8.10. The van der Waals surface area contributed by atoms with Crippen molar-refractivity contribution in [3.63, 3.8) is 0 Å². The second kappa shape index (κ2) is 8.22. The van der Waals surface area contributed by atoms with Crippen molar-refractivity contribution in [1.82, 2.24) is 9.71 Å². The van der Waals surface area contributed by atoms with Crippen LogP contribution in [0.5, 0.6) is 0 Å². The van der Waals surface area contributed by atoms with Crippen LogP contribution in [-0.4, -0.2) is 25.9 Å². The molecule has 1 aromatic carbocycles. The van der Waals surface area contributed by atoms with E-state index in [2.05, 4.69) is 15.0 Å². The van der Waals surface area contributed by atoms with Gasteiger partial charge in [0.2, 0.25) is 15.9 Å². The molecule has 0 atom stereocenters. The van der Waals surface area contributed by atoms with E-state index in [9.17, 15) is 13.2 Å². The molecule has 134 valence electrons. The summed E-state index contributed by atoms with van der Waals surface area (Å²) in [5.41, 5.74) is 2.06. The number of hydrogen-bond donors (Lipinski definition) is 2. The Hall–Kier alpha value is -2.25. The van der Waals surface area contributed by atoms with E-state index in [1.165, 1.54) is 0 Å². The van der Waals surface area contributed by atoms with Crippen LogP contribution < -0.4 is 10.0 Å². The number of aromatic nitrogens is 1. The molecule has 2 aromatic rings. The van der Waals surface area contributed by atoms with E-state index in [-0.39, 0.29) is 23.8 Å². The van der Waals surface area contributed by atoms with Crippen molar-refractivity contribution in [1.29, 1.82) is 0 Å². The third-order valence-corrected chi connectivity index (χ3v) is 5.16. The van der Waals surface area contributed by atoms with Crippen LogP contribution >= 0.6 is 0 Å². The largest absolute Gasteiger partial charge is 0.311 e. The van der Waals surface area contributed by atoms with E-state index in [0.29, 0.717) is 11.7 Å². The molecule has 0 aliphatic rings. The van der Waals surface area contributed by atoms with Gasteiger partial charge in [-0.2, -0.15) is 0 Å². The van der Waals surface area contributed by atoms with Gasteiger partial charge in [-0.3, -0.25) is 4.79 Å². The molecular formula is C18H23N3O3S. The average molecular weight is 361 g/mol. The molecule has 0 unspecified atom stereocenters. The molecule has 2 N–H and O–H groups in total. The SMILES string of the molecule is Cc1ccnc(NC(=O)CCNS(=O)(=O)c2ccc(C(C)C)cc2)c1. The minimum absolute atomic E-state index is 0.0198. The van der Waals surface area contributed by atoms with Crippen molar-refractivity contribution in [2.45, 2.75) is 38.0 Å². The number of pyridine rings is 1. The molecule has 1 aromatic heterocycles. The van der Waals surface area contributed by atoms with E-state index >= 15 is 0 Å². The maximum absolute atomic E-state index is 12.2. The summed E-state index contributed by atoms with van der Waals surface area (Å²) in [5, 5.41) is 2.64. The number of sulfonamides is 1. The van der Waals surface area contributed by atoms with Gasteiger partial charge in [-0.15, -0.1) is 0 Å². The minimum Gasteiger partial charge on any atom is -0.311 e. The fourth-order valence-corrected chi connectivity index (χ4v) is 3.26. The number of carbonyl (C=O) groups excluding carboxylic acids is 1. The average Bonchev–Trinajstić information content (AvgIpc) is 2.54. The van der Waals surface area contributed by atoms with E-state index in [1.807, 2.05) is 26.8 Å². The summed E-state index contributed by atoms with van der Waals surface area (Å²) in [7, 11) is -3.62. The Bertz CT molecular complexity index is 831. The summed E-state index contributed by atoms with van der Waals surface area (Å²) in [6.07, 6.45) is 1.63. The van der Waals surface area contributed by atoms with Gasteiger partial charge in [0, 0.05) is 19.2 Å². The van der Waals surface area contributed by atoms with Gasteiger partial charge in [-0.25, -0.2) is 18.1 Å². The Morgan fingerprint density at radius 1 is 1.16 bits per heavy atom. The first-order chi connectivity index (χ1) is 11.8. The van der Waals surface area contributed by atoms with Crippen LogP contribution in [-0.2, 0) is 14.8 Å². The van der Waals surface area contributed by atoms with Gasteiger partial charge >= 0.3 is 0 Å². The van der Waals surface area contributed by atoms with Gasteiger partial charge in [0.25, 0.3) is 0 Å². The minimum atomic E-state index is -3.62. The number of rotatable bonds is 7. The molecule has 2 rings (SSSR count). The van der Waals surface area contributed by atoms with E-state index in [1.54, 1.807) is 36.5 Å². The van der Waals surface area contributed by atoms with Crippen LogP contribution in [0.1, 0.15) is 37.3 Å². The number of hydrogen-bond acceptors (Lipinski definition) is 4. The Balaban J connectivity index is 1.88. The second-order valence-electron chi connectivity index (χ2n) is 6.14. The molecular weight excluding hydrogens is 338 g/mol. The zero-order valence-corrected chi connectivity index (χ0v) is 15.4. The smallest absolute Gasteiger partial charge is 0.240 e. The van der Waals surface area contributed by atoms with Crippen molar-refractivity contribution in [3.05, 3.63) is 53.7 Å². The van der Waals surface area contributed by atoms with E-state index in [4.69, 9.17) is 0 Å². The lowest BCUT2D eigenvalue weighted by molar-refractivity contribution is -0.116. The molecule has 1 heterocycles. The molecule has 0 fully saturated rings. The Labute approximate surface area is 148 Å². The normalized spacial score (nSPS) is 11.5. The zero-order valence-electron chi connectivity index (χ0n) is 14.6. The summed E-state index contributed by atoms with van der Waals surface area (Å²) in [6.45, 7) is 6.01. The summed E-state index contributed by atoms with van der Waals surface area (Å²) in [5.74, 6) is 0.497. The summed E-state index contributed by atoms with van der Waals surface area (Å²) >= 11 is 0. The number of nitrogens with zero attached hydrogens (tertiary/aromatic N) is 1. The van der Waals surface area contributed by atoms with Crippen molar-refractivity contribution in [2.24, 2.45) is 0 Å². The molecule has 0 spiro atoms. The lowest BCUT2D eigenvalue weighted by Crippen LogP contribution is -2.28. The van der Waals surface area contributed by atoms with Gasteiger partial charge in [0.15, 0.2) is 0 Å². The van der Waals surface area contributed by atoms with Gasteiger partial charge in [0.05, 0.1) is 4.90 Å². The van der Waals surface area contributed by atoms with Crippen molar-refractivity contribution >= 4 is 21.7 Å². The number of aryl methyl sites for hydroxylation is 1. The lowest BCUT2D eigenvalue weighted by Gasteiger charge is -2.09. The highest BCUT2D eigenvalue weighted by atomic mass is 32.2. The number of anilines is 1. The van der Waals surface area contributed by atoms with Crippen LogP contribution in [0.15, 0.2) is 47.5 Å². The van der Waals surface area contributed by atoms with Gasteiger partial charge in [0.1, 0.15) is 5.82 Å². The van der Waals surface area contributed by atoms with Crippen molar-refractivity contribution in [3.8, 4) is 0 Å². The molecule has 0 radical (unpaired) electrons. The number of benzene rings is 1. The lowest BCUT2D eigenvalue weighted by atomic mass is 10.0. The molecule has 7 heteroatoms. The maximum atomic E-state index is 12.2. The maximum Gasteiger partial charge on any atom is 0.240 e. The number of nitrogens with one attached hydrogen (secondary N) is 2. The quantitative estimate of drug-likeness (QED) is 0.794. The number of amides is 1. The van der Waals surface area contributed by atoms with E-state index in [0.717, 1.165) is 11.1 Å². The van der Waals surface area contributed by atoms with Gasteiger partial charge < -0.3 is 5.32 Å². The predicted octanol–water partition coefficient (Wildman–Crippen LogP) is 2.82. The molecule has 1 amide bonds. The highest BCUT2D eigenvalue weighted by Crippen LogP contribution is 2.17. The molecule has 0 bridgehead atoms. The Morgan fingerprint density at radius 3 is 2.44 bits per heavy atom. The van der Waals surface area contributed by atoms with Crippen molar-refractivity contribution < 1.29 is 13.2 Å². The van der Waals surface area contributed by atoms with Crippen LogP contribution in [0.4, 0.5) is 5.82 Å². The Kier molecular flexibility index (Phi) is 6.27. The molecule has 0 saturated carbocycles. The van der Waals surface area contributed by atoms with Crippen LogP contribution in [0.3, 0.4) is 0 Å². The molecule has 6 nitrogen and oxygen atoms in total. The summed E-state index contributed by atoms with van der Waals surface area (Å²) < 4.78 is 26.9. The van der Waals surface area contributed by atoms with Crippen molar-refractivity contribution in [2.75, 3.05) is 11.9 Å². The second-order valence-corrected chi connectivity index (χ2v) is 7.91. The van der Waals surface area contributed by atoms with Gasteiger partial charge in [-0.05, 0) is 48.2 Å². The highest BCUT2D eigenvalue weighted by Gasteiger charge is 2.14. The third-order valence-electron chi connectivity index (χ3n) is 3.68. The standard InChI is InChI=1S/C18H23N3O3S/c1-13(2)15-4-6-16(7-5-15)25(23,24)20-11-9-18(22)21-17-12-14(3)8-10-19-17/h4-8,10,12-13,20H,9,11H2,1-3H3,(H,19,21,22). The van der Waals surface area contributed by atoms with Crippen LogP contribution in [0.25, 0.3) is 0 Å². The third kappa shape index (κ3) is 5.65. The zero-order chi connectivity index (χ0) is 18.4. The fraction of sp³-hybridized carbons (Fsp3) is 0.333. The summed E-state index contributed by atoms with van der Waals surface area (Å²) in [4.78, 5) is 16.1. The fourth-order valence-electron chi connectivity index (χ4n) is 2.22.